The van der Waals surface area contributed by atoms with Crippen LogP contribution >= 0.6 is 7.80 Å². The van der Waals surface area contributed by atoms with Crippen LogP contribution in [0.2, 0.25) is 0 Å². The Morgan fingerprint density at radius 1 is 1.47 bits per heavy atom. The molecule has 0 radical (unpaired) electrons. The Labute approximate surface area is 87.8 Å². The van der Waals surface area contributed by atoms with E-state index in [1.165, 1.54) is 0 Å². The number of rotatable bonds is 6. The van der Waals surface area contributed by atoms with Crippen molar-refractivity contribution < 1.29 is 24.4 Å². The standard InChI is InChI=1S/C8H14NO5P/c1-2-7(11)9-6(8(12)13)3-4-15(14)5-10/h3,10,15H,2,4-5H2,1H3,(H,9,11)(H,12,13)/b6-3-. The lowest BCUT2D eigenvalue weighted by Crippen LogP contribution is -2.26. The summed E-state index contributed by atoms with van der Waals surface area (Å²) in [5.74, 6) is -1.71. The second-order valence-electron chi connectivity index (χ2n) is 2.73. The SMILES string of the molecule is CCC(=O)N/C(=C\C[PH](=O)CO)C(=O)O. The van der Waals surface area contributed by atoms with Crippen LogP contribution in [0.5, 0.6) is 0 Å². The molecule has 1 amide bonds. The summed E-state index contributed by atoms with van der Waals surface area (Å²) in [5.41, 5.74) is -0.298. The summed E-state index contributed by atoms with van der Waals surface area (Å²) >= 11 is 0. The minimum absolute atomic E-state index is 0.0349. The van der Waals surface area contributed by atoms with Gasteiger partial charge < -0.3 is 20.1 Å². The van der Waals surface area contributed by atoms with Gasteiger partial charge in [0.25, 0.3) is 0 Å². The number of aliphatic hydroxyl groups is 1. The summed E-state index contributed by atoms with van der Waals surface area (Å²) in [4.78, 5) is 21.5. The molecule has 1 unspecified atom stereocenters. The van der Waals surface area contributed by atoms with Crippen molar-refractivity contribution in [2.75, 3.05) is 12.5 Å². The van der Waals surface area contributed by atoms with Crippen LogP contribution in [-0.2, 0) is 14.2 Å². The van der Waals surface area contributed by atoms with Gasteiger partial charge in [-0.25, -0.2) is 4.79 Å². The zero-order valence-electron chi connectivity index (χ0n) is 8.32. The first kappa shape index (κ1) is 13.9. The fourth-order valence-corrected chi connectivity index (χ4v) is 1.27. The van der Waals surface area contributed by atoms with Crippen molar-refractivity contribution in [2.24, 2.45) is 0 Å². The summed E-state index contributed by atoms with van der Waals surface area (Å²) in [6, 6.07) is 0. The van der Waals surface area contributed by atoms with Crippen LogP contribution in [0.25, 0.3) is 0 Å². The number of aliphatic carboxylic acids is 1. The molecule has 0 aliphatic rings. The van der Waals surface area contributed by atoms with E-state index in [2.05, 4.69) is 5.32 Å². The van der Waals surface area contributed by atoms with E-state index in [1.807, 2.05) is 0 Å². The summed E-state index contributed by atoms with van der Waals surface area (Å²) in [7, 11) is -2.18. The lowest BCUT2D eigenvalue weighted by Gasteiger charge is -2.03. The molecule has 0 aliphatic carbocycles. The van der Waals surface area contributed by atoms with E-state index in [-0.39, 0.29) is 18.3 Å². The normalized spacial score (nSPS) is 13.3. The molecule has 1 atom stereocenters. The molecular formula is C8H14NO5P. The van der Waals surface area contributed by atoms with E-state index in [9.17, 15) is 14.2 Å². The Balaban J connectivity index is 4.45. The predicted molar refractivity (Wildman–Crippen MR) is 55.1 cm³/mol. The maximum atomic E-state index is 10.9. The Morgan fingerprint density at radius 2 is 2.07 bits per heavy atom. The molecule has 0 saturated carbocycles. The molecular weight excluding hydrogens is 221 g/mol. The van der Waals surface area contributed by atoms with Crippen molar-refractivity contribution >= 4 is 19.7 Å². The van der Waals surface area contributed by atoms with Crippen LogP contribution in [0, 0.1) is 0 Å². The van der Waals surface area contributed by atoms with E-state index < -0.39 is 26.0 Å². The lowest BCUT2D eigenvalue weighted by molar-refractivity contribution is -0.134. The van der Waals surface area contributed by atoms with Gasteiger partial charge in [-0.2, -0.15) is 0 Å². The van der Waals surface area contributed by atoms with Crippen LogP contribution in [0.15, 0.2) is 11.8 Å². The van der Waals surface area contributed by atoms with Crippen LogP contribution in [0.1, 0.15) is 13.3 Å². The molecule has 0 bridgehead atoms. The van der Waals surface area contributed by atoms with Gasteiger partial charge in [-0.05, 0) is 6.08 Å². The van der Waals surface area contributed by atoms with Crippen molar-refractivity contribution in [1.29, 1.82) is 0 Å². The van der Waals surface area contributed by atoms with Gasteiger partial charge >= 0.3 is 5.97 Å². The van der Waals surface area contributed by atoms with Gasteiger partial charge in [-0.1, -0.05) is 6.92 Å². The number of carbonyl (C=O) groups is 2. The number of hydrogen-bond acceptors (Lipinski definition) is 4. The van der Waals surface area contributed by atoms with Crippen molar-refractivity contribution in [3.05, 3.63) is 11.8 Å². The third-order valence-electron chi connectivity index (χ3n) is 1.54. The maximum Gasteiger partial charge on any atom is 0.352 e. The number of carboxylic acids is 1. The third kappa shape index (κ3) is 6.04. The molecule has 0 rings (SSSR count). The highest BCUT2D eigenvalue weighted by Gasteiger charge is 2.10. The fraction of sp³-hybridized carbons (Fsp3) is 0.500. The van der Waals surface area contributed by atoms with Crippen molar-refractivity contribution in [1.82, 2.24) is 5.32 Å². The number of carboxylic acid groups (broad SMARTS) is 1. The molecule has 7 heteroatoms. The topological polar surface area (TPSA) is 104 Å². The molecule has 0 fully saturated rings. The Morgan fingerprint density at radius 3 is 2.47 bits per heavy atom. The minimum Gasteiger partial charge on any atom is -0.477 e. The van der Waals surface area contributed by atoms with Gasteiger partial charge in [0.05, 0.1) is 6.35 Å². The molecule has 0 aromatic rings. The van der Waals surface area contributed by atoms with Gasteiger partial charge in [0.15, 0.2) is 0 Å². The number of hydrogen-bond donors (Lipinski definition) is 3. The molecule has 0 heterocycles. The average molecular weight is 235 g/mol. The zero-order valence-corrected chi connectivity index (χ0v) is 9.32. The van der Waals surface area contributed by atoms with Crippen LogP contribution in [0.3, 0.4) is 0 Å². The Kier molecular flexibility index (Phi) is 6.66. The number of carbonyl (C=O) groups excluding carboxylic acids is 1. The molecule has 0 spiro atoms. The Hall–Kier alpha value is -1.13. The smallest absolute Gasteiger partial charge is 0.352 e. The average Bonchev–Trinajstić information content (AvgIpc) is 2.22. The van der Waals surface area contributed by atoms with Gasteiger partial charge in [0.1, 0.15) is 13.5 Å². The molecule has 0 saturated heterocycles. The molecule has 6 nitrogen and oxygen atoms in total. The summed E-state index contributed by atoms with van der Waals surface area (Å²) < 4.78 is 10.9. The van der Waals surface area contributed by atoms with E-state index in [0.717, 1.165) is 6.08 Å². The van der Waals surface area contributed by atoms with Crippen LogP contribution in [0.4, 0.5) is 0 Å². The van der Waals surface area contributed by atoms with Crippen LogP contribution in [-0.4, -0.2) is 34.6 Å². The highest BCUT2D eigenvalue weighted by molar-refractivity contribution is 7.44. The molecule has 0 aliphatic heterocycles. The van der Waals surface area contributed by atoms with Gasteiger partial charge in [0, 0.05) is 12.6 Å². The number of allylic oxidation sites excluding steroid dienone is 1. The number of nitrogens with one attached hydrogen (secondary N) is 1. The third-order valence-corrected chi connectivity index (χ3v) is 2.55. The van der Waals surface area contributed by atoms with E-state index in [4.69, 9.17) is 10.2 Å². The molecule has 3 N–H and O–H groups in total. The first-order chi connectivity index (χ1) is 7.01. The van der Waals surface area contributed by atoms with Gasteiger partial charge in [-0.3, -0.25) is 4.79 Å². The molecule has 0 aromatic heterocycles. The number of aliphatic hydroxyl groups excluding tert-OH is 1. The minimum atomic E-state index is -2.18. The predicted octanol–water partition coefficient (Wildman–Crippen LogP) is -0.00940. The fourth-order valence-electron chi connectivity index (χ4n) is 0.711. The second kappa shape index (κ2) is 7.20. The molecule has 86 valence electrons. The van der Waals surface area contributed by atoms with Crippen molar-refractivity contribution in [2.45, 2.75) is 13.3 Å². The molecule has 15 heavy (non-hydrogen) atoms. The highest BCUT2D eigenvalue weighted by Crippen LogP contribution is 2.17. The summed E-state index contributed by atoms with van der Waals surface area (Å²) in [5, 5.41) is 19.3. The largest absolute Gasteiger partial charge is 0.477 e. The first-order valence-corrected chi connectivity index (χ1v) is 6.19. The quantitative estimate of drug-likeness (QED) is 0.443. The highest BCUT2D eigenvalue weighted by atomic mass is 31.1. The van der Waals surface area contributed by atoms with Gasteiger partial charge in [0.2, 0.25) is 5.91 Å². The summed E-state index contributed by atoms with van der Waals surface area (Å²) in [6.07, 6.45) is 0.815. The zero-order chi connectivity index (χ0) is 11.8. The van der Waals surface area contributed by atoms with Crippen molar-refractivity contribution in [3.8, 4) is 0 Å². The lowest BCUT2D eigenvalue weighted by atomic mass is 10.3. The number of amides is 1. The first-order valence-electron chi connectivity index (χ1n) is 4.37. The monoisotopic (exact) mass is 235 g/mol. The Bertz CT molecular complexity index is 299. The van der Waals surface area contributed by atoms with Gasteiger partial charge in [-0.15, -0.1) is 0 Å². The van der Waals surface area contributed by atoms with E-state index in [1.54, 1.807) is 6.92 Å². The van der Waals surface area contributed by atoms with Crippen molar-refractivity contribution in [3.63, 3.8) is 0 Å². The van der Waals surface area contributed by atoms with E-state index in [0.29, 0.717) is 0 Å². The van der Waals surface area contributed by atoms with Crippen LogP contribution < -0.4 is 5.32 Å². The second-order valence-corrected chi connectivity index (χ2v) is 4.53. The molecule has 0 aromatic carbocycles. The summed E-state index contributed by atoms with van der Waals surface area (Å²) in [6.45, 7) is 1.59. The van der Waals surface area contributed by atoms with E-state index >= 15 is 0 Å². The maximum absolute atomic E-state index is 10.9.